The van der Waals surface area contributed by atoms with Gasteiger partial charge in [0.1, 0.15) is 5.69 Å². The van der Waals surface area contributed by atoms with Crippen LogP contribution in [0.1, 0.15) is 18.1 Å². The van der Waals surface area contributed by atoms with Crippen molar-refractivity contribution in [1.29, 1.82) is 0 Å². The molecule has 0 amide bonds. The molecule has 0 aliphatic heterocycles. The van der Waals surface area contributed by atoms with E-state index in [-0.39, 0.29) is 17.1 Å². The first-order valence-electron chi connectivity index (χ1n) is 6.69. The predicted octanol–water partition coefficient (Wildman–Crippen LogP) is 3.65. The van der Waals surface area contributed by atoms with E-state index in [4.69, 9.17) is 0 Å². The number of hydrogen-bond donors (Lipinski definition) is 1. The highest BCUT2D eigenvalue weighted by Crippen LogP contribution is 2.24. The van der Waals surface area contributed by atoms with Gasteiger partial charge in [0.2, 0.25) is 0 Å². The van der Waals surface area contributed by atoms with E-state index in [1.54, 1.807) is 38.1 Å². The summed E-state index contributed by atoms with van der Waals surface area (Å²) in [7, 11) is 0. The number of anilines is 1. The molecule has 23 heavy (non-hydrogen) atoms. The number of hydrazone groups is 1. The second-order valence-corrected chi connectivity index (χ2v) is 4.84. The Morgan fingerprint density at radius 2 is 1.70 bits per heavy atom. The van der Waals surface area contributed by atoms with E-state index in [0.717, 1.165) is 0 Å². The summed E-state index contributed by atoms with van der Waals surface area (Å²) >= 11 is 0. The molecule has 0 fully saturated rings. The number of benzene rings is 2. The Kier molecular flexibility index (Phi) is 4.65. The van der Waals surface area contributed by atoms with Gasteiger partial charge in [0.15, 0.2) is 0 Å². The molecule has 0 unspecified atom stereocenters. The van der Waals surface area contributed by atoms with Gasteiger partial charge in [-0.05, 0) is 19.9 Å². The lowest BCUT2D eigenvalue weighted by Gasteiger charge is -2.05. The molecule has 118 valence electrons. The minimum absolute atomic E-state index is 0.00254. The Morgan fingerprint density at radius 1 is 1.04 bits per heavy atom. The molecule has 1 N–H and O–H groups in total. The summed E-state index contributed by atoms with van der Waals surface area (Å²) in [6.07, 6.45) is 0. The summed E-state index contributed by atoms with van der Waals surface area (Å²) in [5.41, 5.74) is 4.38. The number of aryl methyl sites for hydroxylation is 1. The van der Waals surface area contributed by atoms with Crippen molar-refractivity contribution >= 4 is 22.8 Å². The average molecular weight is 314 g/mol. The van der Waals surface area contributed by atoms with Crippen LogP contribution in [0.3, 0.4) is 0 Å². The molecule has 0 saturated carbocycles. The molecule has 0 aromatic heterocycles. The van der Waals surface area contributed by atoms with Gasteiger partial charge < -0.3 is 0 Å². The summed E-state index contributed by atoms with van der Waals surface area (Å²) in [5, 5.41) is 26.0. The molecule has 0 radical (unpaired) electrons. The maximum absolute atomic E-state index is 11.0. The quantitative estimate of drug-likeness (QED) is 0.514. The number of nitro groups is 2. The molecular formula is C15H14N4O4. The Bertz CT molecular complexity index is 802. The van der Waals surface area contributed by atoms with E-state index >= 15 is 0 Å². The molecule has 0 atom stereocenters. The predicted molar refractivity (Wildman–Crippen MR) is 86.8 cm³/mol. The normalized spacial score (nSPS) is 11.1. The standard InChI is InChI=1S/C15H14N4O4/c1-10-7-8-12(9-15(10)19(22)23)11(2)16-17-13-5-3-4-6-14(13)18(20)21/h3-9,17H,1-2H3/b16-11-. The largest absolute Gasteiger partial charge is 0.294 e. The van der Waals surface area contributed by atoms with Crippen molar-refractivity contribution in [1.82, 2.24) is 0 Å². The van der Waals surface area contributed by atoms with E-state index in [1.165, 1.54) is 18.2 Å². The molecule has 8 nitrogen and oxygen atoms in total. The third-order valence-electron chi connectivity index (χ3n) is 3.27. The van der Waals surface area contributed by atoms with E-state index in [9.17, 15) is 20.2 Å². The number of hydrogen-bond acceptors (Lipinski definition) is 6. The lowest BCUT2D eigenvalue weighted by Crippen LogP contribution is -2.03. The Morgan fingerprint density at radius 3 is 2.35 bits per heavy atom. The van der Waals surface area contributed by atoms with Gasteiger partial charge in [0.05, 0.1) is 15.6 Å². The molecule has 2 rings (SSSR count). The van der Waals surface area contributed by atoms with Crippen molar-refractivity contribution in [2.75, 3.05) is 5.43 Å². The number of nitro benzene ring substituents is 2. The van der Waals surface area contributed by atoms with Gasteiger partial charge in [-0.15, -0.1) is 0 Å². The fourth-order valence-electron chi connectivity index (χ4n) is 1.97. The van der Waals surface area contributed by atoms with Crippen molar-refractivity contribution in [2.24, 2.45) is 5.10 Å². The molecule has 0 aliphatic carbocycles. The van der Waals surface area contributed by atoms with Crippen LogP contribution in [0.4, 0.5) is 17.1 Å². The minimum atomic E-state index is -0.510. The monoisotopic (exact) mass is 314 g/mol. The van der Waals surface area contributed by atoms with Crippen molar-refractivity contribution in [3.63, 3.8) is 0 Å². The lowest BCUT2D eigenvalue weighted by molar-refractivity contribution is -0.385. The average Bonchev–Trinajstić information content (AvgIpc) is 2.52. The van der Waals surface area contributed by atoms with Gasteiger partial charge in [-0.1, -0.05) is 24.3 Å². The van der Waals surface area contributed by atoms with Crippen LogP contribution in [0.15, 0.2) is 47.6 Å². The maximum atomic E-state index is 11.0. The smallest absolute Gasteiger partial charge is 0.271 e. The van der Waals surface area contributed by atoms with E-state index < -0.39 is 9.85 Å². The van der Waals surface area contributed by atoms with Crippen molar-refractivity contribution < 1.29 is 9.85 Å². The van der Waals surface area contributed by atoms with Crippen LogP contribution in [0.2, 0.25) is 0 Å². The van der Waals surface area contributed by atoms with Crippen LogP contribution in [0.25, 0.3) is 0 Å². The van der Waals surface area contributed by atoms with E-state index in [2.05, 4.69) is 10.5 Å². The van der Waals surface area contributed by atoms with Crippen LogP contribution >= 0.6 is 0 Å². The summed E-state index contributed by atoms with van der Waals surface area (Å²) < 4.78 is 0. The van der Waals surface area contributed by atoms with Crippen LogP contribution in [0, 0.1) is 27.2 Å². The summed E-state index contributed by atoms with van der Waals surface area (Å²) in [4.78, 5) is 20.9. The summed E-state index contributed by atoms with van der Waals surface area (Å²) in [6.45, 7) is 3.32. The van der Waals surface area contributed by atoms with Gasteiger partial charge in [-0.25, -0.2) is 0 Å². The highest BCUT2D eigenvalue weighted by Gasteiger charge is 2.13. The van der Waals surface area contributed by atoms with Gasteiger partial charge in [0.25, 0.3) is 11.4 Å². The molecular weight excluding hydrogens is 300 g/mol. The van der Waals surface area contributed by atoms with Gasteiger partial charge in [0, 0.05) is 23.3 Å². The Labute approximate surface area is 131 Å². The molecule has 0 spiro atoms. The van der Waals surface area contributed by atoms with Crippen molar-refractivity contribution in [2.45, 2.75) is 13.8 Å². The van der Waals surface area contributed by atoms with Crippen molar-refractivity contribution in [3.8, 4) is 0 Å². The number of rotatable bonds is 5. The van der Waals surface area contributed by atoms with Crippen LogP contribution < -0.4 is 5.43 Å². The molecule has 0 aliphatic rings. The molecule has 2 aromatic rings. The first kappa shape index (κ1) is 16.1. The zero-order valence-electron chi connectivity index (χ0n) is 12.5. The van der Waals surface area contributed by atoms with Gasteiger partial charge >= 0.3 is 0 Å². The fourth-order valence-corrected chi connectivity index (χ4v) is 1.97. The number of nitrogens with zero attached hydrogens (tertiary/aromatic N) is 3. The molecule has 0 heterocycles. The fraction of sp³-hybridized carbons (Fsp3) is 0.133. The maximum Gasteiger partial charge on any atom is 0.294 e. The highest BCUT2D eigenvalue weighted by molar-refractivity contribution is 5.99. The zero-order valence-corrected chi connectivity index (χ0v) is 12.5. The van der Waals surface area contributed by atoms with Gasteiger partial charge in [-0.3, -0.25) is 25.7 Å². The topological polar surface area (TPSA) is 111 Å². The SMILES string of the molecule is C/C(=N/Nc1ccccc1[N+](=O)[O-])c1ccc(C)c([N+](=O)[O-])c1. The number of nitrogens with one attached hydrogen (secondary N) is 1. The Hall–Kier alpha value is -3.29. The minimum Gasteiger partial charge on any atom is -0.271 e. The third kappa shape index (κ3) is 3.67. The summed E-state index contributed by atoms with van der Waals surface area (Å²) in [5.74, 6) is 0. The molecule has 2 aromatic carbocycles. The van der Waals surface area contributed by atoms with Crippen LogP contribution in [-0.4, -0.2) is 15.6 Å². The van der Waals surface area contributed by atoms with Gasteiger partial charge in [-0.2, -0.15) is 5.10 Å². The summed E-state index contributed by atoms with van der Waals surface area (Å²) in [6, 6.07) is 10.9. The third-order valence-corrected chi connectivity index (χ3v) is 3.27. The van der Waals surface area contributed by atoms with Crippen LogP contribution in [0.5, 0.6) is 0 Å². The zero-order chi connectivity index (χ0) is 17.0. The Balaban J connectivity index is 2.29. The molecule has 8 heteroatoms. The lowest BCUT2D eigenvalue weighted by atomic mass is 10.1. The first-order chi connectivity index (χ1) is 10.9. The molecule has 0 saturated heterocycles. The second-order valence-electron chi connectivity index (χ2n) is 4.84. The van der Waals surface area contributed by atoms with E-state index in [0.29, 0.717) is 16.8 Å². The first-order valence-corrected chi connectivity index (χ1v) is 6.69. The van der Waals surface area contributed by atoms with Crippen molar-refractivity contribution in [3.05, 3.63) is 73.8 Å². The highest BCUT2D eigenvalue weighted by atomic mass is 16.6. The second kappa shape index (κ2) is 6.65. The molecule has 0 bridgehead atoms. The van der Waals surface area contributed by atoms with E-state index in [1.807, 2.05) is 0 Å². The number of para-hydroxylation sites is 2. The van der Waals surface area contributed by atoms with Crippen LogP contribution in [-0.2, 0) is 0 Å².